The Morgan fingerprint density at radius 1 is 1.23 bits per heavy atom. The number of amides is 1. The molecule has 1 aromatic carbocycles. The van der Waals surface area contributed by atoms with Crippen molar-refractivity contribution in [2.75, 3.05) is 13.6 Å². The monoisotopic (exact) mass is 442 g/mol. The molecule has 0 spiro atoms. The summed E-state index contributed by atoms with van der Waals surface area (Å²) in [5, 5.41) is 7.38. The van der Waals surface area contributed by atoms with E-state index in [4.69, 9.17) is 4.74 Å². The molecule has 1 aromatic heterocycles. The lowest BCUT2D eigenvalue weighted by molar-refractivity contribution is -0.124. The minimum absolute atomic E-state index is 0.0705. The highest BCUT2D eigenvalue weighted by Gasteiger charge is 2.40. The van der Waals surface area contributed by atoms with Crippen LogP contribution in [-0.4, -0.2) is 42.6 Å². The molecule has 2 aromatic rings. The van der Waals surface area contributed by atoms with Crippen LogP contribution >= 0.6 is 11.3 Å². The molecule has 1 saturated carbocycles. The van der Waals surface area contributed by atoms with Gasteiger partial charge in [-0.1, -0.05) is 25.0 Å². The number of rotatable bonds is 9. The zero-order valence-corrected chi connectivity index (χ0v) is 19.3. The topological polar surface area (TPSA) is 65.6 Å². The normalized spacial score (nSPS) is 24.0. The van der Waals surface area contributed by atoms with E-state index in [2.05, 4.69) is 57.1 Å². The molecule has 0 bridgehead atoms. The van der Waals surface area contributed by atoms with E-state index in [1.54, 1.807) is 11.3 Å². The van der Waals surface area contributed by atoms with Gasteiger partial charge in [0.05, 0.1) is 6.54 Å². The average molecular weight is 443 g/mol. The highest BCUT2D eigenvalue weighted by atomic mass is 32.1. The van der Waals surface area contributed by atoms with Gasteiger partial charge in [0.2, 0.25) is 5.91 Å². The first-order valence-electron chi connectivity index (χ1n) is 11.3. The van der Waals surface area contributed by atoms with Crippen molar-refractivity contribution in [2.45, 2.75) is 63.9 Å². The van der Waals surface area contributed by atoms with E-state index < -0.39 is 0 Å². The number of hydrogen-bond acceptors (Lipinski definition) is 6. The van der Waals surface area contributed by atoms with Crippen molar-refractivity contribution >= 4 is 17.2 Å². The average Bonchev–Trinajstić information content (AvgIpc) is 3.42. The maximum absolute atomic E-state index is 12.7. The summed E-state index contributed by atoms with van der Waals surface area (Å²) in [6, 6.07) is 10.7. The SMILES string of the molecule is CC(CNC(=O)C1NNC2CCCCC21)Oc1cccc(CN(C)Cc2ccsc2)c1. The second-order valence-electron chi connectivity index (χ2n) is 8.95. The lowest BCUT2D eigenvalue weighted by atomic mass is 9.81. The second-order valence-corrected chi connectivity index (χ2v) is 9.73. The second kappa shape index (κ2) is 10.6. The molecule has 2 aliphatic rings. The minimum Gasteiger partial charge on any atom is -0.489 e. The van der Waals surface area contributed by atoms with Gasteiger partial charge < -0.3 is 10.1 Å². The number of fused-ring (bicyclic) bond motifs is 1. The van der Waals surface area contributed by atoms with Crippen LogP contribution in [0.25, 0.3) is 0 Å². The summed E-state index contributed by atoms with van der Waals surface area (Å²) in [6.45, 7) is 4.29. The van der Waals surface area contributed by atoms with Crippen LogP contribution in [0.4, 0.5) is 0 Å². The predicted molar refractivity (Wildman–Crippen MR) is 125 cm³/mol. The van der Waals surface area contributed by atoms with Gasteiger partial charge in [-0.3, -0.25) is 15.1 Å². The molecule has 1 amide bonds. The van der Waals surface area contributed by atoms with Crippen LogP contribution in [0.1, 0.15) is 43.7 Å². The van der Waals surface area contributed by atoms with Crippen molar-refractivity contribution < 1.29 is 9.53 Å². The summed E-state index contributed by atoms with van der Waals surface area (Å²) < 4.78 is 6.09. The number of carbonyl (C=O) groups excluding carboxylic acids is 1. The van der Waals surface area contributed by atoms with E-state index >= 15 is 0 Å². The number of thiophene rings is 1. The number of carbonyl (C=O) groups is 1. The number of ether oxygens (including phenoxy) is 1. The Morgan fingerprint density at radius 2 is 2.06 bits per heavy atom. The molecule has 3 N–H and O–H groups in total. The molecule has 168 valence electrons. The van der Waals surface area contributed by atoms with Crippen LogP contribution in [0, 0.1) is 5.92 Å². The van der Waals surface area contributed by atoms with E-state index in [1.807, 2.05) is 19.1 Å². The van der Waals surface area contributed by atoms with Gasteiger partial charge in [0.25, 0.3) is 0 Å². The minimum atomic E-state index is -0.139. The Hall–Kier alpha value is -1.93. The van der Waals surface area contributed by atoms with Crippen LogP contribution in [0.3, 0.4) is 0 Å². The molecule has 31 heavy (non-hydrogen) atoms. The first-order chi connectivity index (χ1) is 15.1. The number of benzene rings is 1. The third-order valence-corrected chi connectivity index (χ3v) is 6.97. The van der Waals surface area contributed by atoms with Crippen LogP contribution in [0.5, 0.6) is 5.75 Å². The Morgan fingerprint density at radius 3 is 2.90 bits per heavy atom. The first-order valence-corrected chi connectivity index (χ1v) is 12.3. The molecule has 1 aliphatic carbocycles. The highest BCUT2D eigenvalue weighted by Crippen LogP contribution is 2.30. The van der Waals surface area contributed by atoms with Crippen LogP contribution in [-0.2, 0) is 17.9 Å². The molecule has 4 rings (SSSR count). The Labute approximate surface area is 189 Å². The van der Waals surface area contributed by atoms with E-state index in [0.29, 0.717) is 18.5 Å². The molecule has 6 nitrogen and oxygen atoms in total. The molecule has 1 aliphatic heterocycles. The fourth-order valence-electron chi connectivity index (χ4n) is 4.71. The lowest BCUT2D eigenvalue weighted by Gasteiger charge is -2.26. The Balaban J connectivity index is 1.23. The summed E-state index contributed by atoms with van der Waals surface area (Å²) in [5.41, 5.74) is 9.07. The van der Waals surface area contributed by atoms with Crippen LogP contribution < -0.4 is 20.9 Å². The number of nitrogens with zero attached hydrogens (tertiary/aromatic N) is 1. The van der Waals surface area contributed by atoms with E-state index in [1.165, 1.54) is 24.0 Å². The standard InChI is InChI=1S/C24H34N4O2S/c1-17(13-25-24(29)23-21-8-3-4-9-22(21)26-27-23)30-20-7-5-6-18(12-20)14-28(2)15-19-10-11-31-16-19/h5-7,10-12,16-17,21-23,26-27H,3-4,8-9,13-15H2,1-2H3,(H,25,29). The summed E-state index contributed by atoms with van der Waals surface area (Å²) in [7, 11) is 2.13. The summed E-state index contributed by atoms with van der Waals surface area (Å²) in [4.78, 5) is 15.0. The van der Waals surface area contributed by atoms with E-state index in [-0.39, 0.29) is 18.1 Å². The van der Waals surface area contributed by atoms with Gasteiger partial charge in [0.15, 0.2) is 0 Å². The van der Waals surface area contributed by atoms with Crippen molar-refractivity contribution in [1.29, 1.82) is 0 Å². The van der Waals surface area contributed by atoms with Crippen LogP contribution in [0.15, 0.2) is 41.1 Å². The van der Waals surface area contributed by atoms with Gasteiger partial charge in [-0.2, -0.15) is 11.3 Å². The van der Waals surface area contributed by atoms with Gasteiger partial charge in [-0.25, -0.2) is 5.43 Å². The quantitative estimate of drug-likeness (QED) is 0.556. The predicted octanol–water partition coefficient (Wildman–Crippen LogP) is 3.30. The van der Waals surface area contributed by atoms with Gasteiger partial charge in [0, 0.05) is 25.0 Å². The Kier molecular flexibility index (Phi) is 7.61. The molecular formula is C24H34N4O2S. The third-order valence-electron chi connectivity index (χ3n) is 6.24. The molecule has 7 heteroatoms. The number of hydrogen-bond donors (Lipinski definition) is 3. The maximum Gasteiger partial charge on any atom is 0.238 e. The largest absolute Gasteiger partial charge is 0.489 e. The fraction of sp³-hybridized carbons (Fsp3) is 0.542. The maximum atomic E-state index is 12.7. The van der Waals surface area contributed by atoms with Crippen LogP contribution in [0.2, 0.25) is 0 Å². The zero-order chi connectivity index (χ0) is 21.6. The van der Waals surface area contributed by atoms with E-state index in [0.717, 1.165) is 31.7 Å². The molecule has 2 heterocycles. The summed E-state index contributed by atoms with van der Waals surface area (Å²) in [5.74, 6) is 1.31. The summed E-state index contributed by atoms with van der Waals surface area (Å²) >= 11 is 1.73. The lowest BCUT2D eigenvalue weighted by Crippen LogP contribution is -2.47. The molecule has 4 unspecified atom stereocenters. The van der Waals surface area contributed by atoms with Gasteiger partial charge in [-0.05, 0) is 66.9 Å². The van der Waals surface area contributed by atoms with Gasteiger partial charge >= 0.3 is 0 Å². The fourth-order valence-corrected chi connectivity index (χ4v) is 5.37. The zero-order valence-electron chi connectivity index (χ0n) is 18.5. The van der Waals surface area contributed by atoms with Crippen molar-refractivity contribution in [3.8, 4) is 5.75 Å². The first kappa shape index (κ1) is 22.3. The van der Waals surface area contributed by atoms with Crippen molar-refractivity contribution in [2.24, 2.45) is 5.92 Å². The molecule has 4 atom stereocenters. The third kappa shape index (κ3) is 6.07. The van der Waals surface area contributed by atoms with Crippen molar-refractivity contribution in [3.63, 3.8) is 0 Å². The van der Waals surface area contributed by atoms with Gasteiger partial charge in [-0.15, -0.1) is 0 Å². The van der Waals surface area contributed by atoms with Gasteiger partial charge in [0.1, 0.15) is 17.9 Å². The number of nitrogens with one attached hydrogen (secondary N) is 3. The molecular weight excluding hydrogens is 408 g/mol. The Bertz CT molecular complexity index is 844. The van der Waals surface area contributed by atoms with Crippen molar-refractivity contribution in [3.05, 3.63) is 52.2 Å². The molecule has 1 saturated heterocycles. The summed E-state index contributed by atoms with van der Waals surface area (Å²) in [6.07, 6.45) is 4.63. The van der Waals surface area contributed by atoms with Crippen molar-refractivity contribution in [1.82, 2.24) is 21.1 Å². The number of hydrazine groups is 1. The highest BCUT2D eigenvalue weighted by molar-refractivity contribution is 7.07. The smallest absolute Gasteiger partial charge is 0.238 e. The molecule has 2 fully saturated rings. The molecule has 0 radical (unpaired) electrons. The van der Waals surface area contributed by atoms with E-state index in [9.17, 15) is 4.79 Å².